The Kier molecular flexibility index (Phi) is 7.64. The molecule has 1 nitrogen and oxygen atoms in total. The number of fused-ring (bicyclic) bond motifs is 2. The molecule has 0 aliphatic rings. The first-order chi connectivity index (χ1) is 21.0. The lowest BCUT2D eigenvalue weighted by atomic mass is 9.82. The first-order valence-electron chi connectivity index (χ1n) is 14.7. The summed E-state index contributed by atoms with van der Waals surface area (Å²) in [6.45, 7) is 12.7. The van der Waals surface area contributed by atoms with Crippen molar-refractivity contribution in [2.45, 2.75) is 13.8 Å². The van der Waals surface area contributed by atoms with E-state index in [0.29, 0.717) is 0 Å². The van der Waals surface area contributed by atoms with Crippen molar-refractivity contribution in [2.75, 3.05) is 0 Å². The molecule has 0 spiro atoms. The van der Waals surface area contributed by atoms with Gasteiger partial charge in [0.1, 0.15) is 0 Å². The van der Waals surface area contributed by atoms with Crippen molar-refractivity contribution in [3.8, 4) is 33.4 Å². The summed E-state index contributed by atoms with van der Waals surface area (Å²) >= 11 is 0. The van der Waals surface area contributed by atoms with E-state index in [4.69, 9.17) is 5.73 Å². The fourth-order valence-electron chi connectivity index (χ4n) is 6.05. The van der Waals surface area contributed by atoms with Crippen molar-refractivity contribution in [1.82, 2.24) is 0 Å². The normalized spacial score (nSPS) is 11.8. The van der Waals surface area contributed by atoms with Gasteiger partial charge in [-0.3, -0.25) is 0 Å². The maximum Gasteiger partial charge on any atom is 0.0387 e. The van der Waals surface area contributed by atoms with Gasteiger partial charge in [-0.15, -0.1) is 0 Å². The van der Waals surface area contributed by atoms with E-state index in [-0.39, 0.29) is 0 Å². The summed E-state index contributed by atoms with van der Waals surface area (Å²) in [4.78, 5) is 0. The van der Waals surface area contributed by atoms with Crippen LogP contribution in [0, 0.1) is 6.92 Å². The molecular weight excluding hydrogens is 518 g/mol. The molecule has 0 amide bonds. The smallest absolute Gasteiger partial charge is 0.0387 e. The van der Waals surface area contributed by atoms with E-state index >= 15 is 0 Å². The molecule has 1 heteroatoms. The Bertz CT molecular complexity index is 2070. The van der Waals surface area contributed by atoms with Gasteiger partial charge in [-0.2, -0.15) is 0 Å². The number of aryl methyl sites for hydroxylation is 1. The summed E-state index contributed by atoms with van der Waals surface area (Å²) in [6.07, 6.45) is 9.82. The van der Waals surface area contributed by atoms with Crippen molar-refractivity contribution in [3.05, 3.63) is 163 Å². The van der Waals surface area contributed by atoms with Crippen LogP contribution in [0.1, 0.15) is 29.2 Å². The summed E-state index contributed by atoms with van der Waals surface area (Å²) in [7, 11) is 0. The SMILES string of the molecule is C=Cc1c(C=C)c(-c2ccc3ccc(C)cc3c2)c2ccccc2c1-c1cccc(-c2ccc(/C(N)=C/C=C\C)cc2)c1. The Hall–Kier alpha value is -5.40. The Morgan fingerprint density at radius 3 is 1.86 bits per heavy atom. The minimum Gasteiger partial charge on any atom is -0.398 e. The highest BCUT2D eigenvalue weighted by Crippen LogP contribution is 2.44. The standard InChI is InChI=1S/C42H35N/c1-5-8-16-40(43)31-22-19-29(20-23-31)32-12-11-13-33(26-32)41-36(6-2)37(7-3)42(39-15-10-9-14-38(39)41)34-24-21-30-18-17-28(4)25-35(30)27-34/h5-27H,2-3,43H2,1,4H3/b8-5-,40-16-. The third-order valence-corrected chi connectivity index (χ3v) is 8.16. The Morgan fingerprint density at radius 1 is 0.605 bits per heavy atom. The van der Waals surface area contributed by atoms with Crippen LogP contribution in [0.4, 0.5) is 0 Å². The van der Waals surface area contributed by atoms with E-state index in [0.717, 1.165) is 44.6 Å². The second-order valence-electron chi connectivity index (χ2n) is 10.9. The van der Waals surface area contributed by atoms with Gasteiger partial charge in [0.25, 0.3) is 0 Å². The Labute approximate surface area is 254 Å². The lowest BCUT2D eigenvalue weighted by Gasteiger charge is -2.21. The molecule has 0 aliphatic heterocycles. The Morgan fingerprint density at radius 2 is 1.21 bits per heavy atom. The molecule has 0 unspecified atom stereocenters. The van der Waals surface area contributed by atoms with Gasteiger partial charge in [-0.1, -0.05) is 140 Å². The molecule has 0 saturated carbocycles. The van der Waals surface area contributed by atoms with Gasteiger partial charge in [0.15, 0.2) is 0 Å². The number of benzene rings is 6. The number of allylic oxidation sites excluding steroid dienone is 3. The average molecular weight is 554 g/mol. The van der Waals surface area contributed by atoms with Crippen LogP contribution in [0.25, 0.3) is 72.8 Å². The fourth-order valence-corrected chi connectivity index (χ4v) is 6.05. The van der Waals surface area contributed by atoms with Crippen LogP contribution in [0.3, 0.4) is 0 Å². The van der Waals surface area contributed by atoms with E-state index in [9.17, 15) is 0 Å². The van der Waals surface area contributed by atoms with Gasteiger partial charge in [0, 0.05) is 5.70 Å². The van der Waals surface area contributed by atoms with Crippen LogP contribution >= 0.6 is 0 Å². The summed E-state index contributed by atoms with van der Waals surface area (Å²) in [5, 5.41) is 4.86. The van der Waals surface area contributed by atoms with Gasteiger partial charge in [-0.25, -0.2) is 0 Å². The summed E-state index contributed by atoms with van der Waals surface area (Å²) in [6, 6.07) is 39.2. The molecule has 6 rings (SSSR count). The van der Waals surface area contributed by atoms with Crippen LogP contribution in [-0.2, 0) is 0 Å². The minimum atomic E-state index is 0.749. The van der Waals surface area contributed by atoms with Crippen LogP contribution in [0.15, 0.2) is 141 Å². The lowest BCUT2D eigenvalue weighted by Crippen LogP contribution is -1.96. The fraction of sp³-hybridized carbons (Fsp3) is 0.0476. The second-order valence-corrected chi connectivity index (χ2v) is 10.9. The van der Waals surface area contributed by atoms with Crippen LogP contribution in [-0.4, -0.2) is 0 Å². The van der Waals surface area contributed by atoms with E-state index in [1.807, 2.05) is 37.3 Å². The molecule has 0 atom stereocenters. The van der Waals surface area contributed by atoms with Gasteiger partial charge in [-0.05, 0) is 104 Å². The molecule has 6 aromatic carbocycles. The molecule has 6 aromatic rings. The van der Waals surface area contributed by atoms with Crippen molar-refractivity contribution < 1.29 is 0 Å². The number of rotatable bonds is 7. The van der Waals surface area contributed by atoms with Crippen LogP contribution in [0.5, 0.6) is 0 Å². The highest BCUT2D eigenvalue weighted by molar-refractivity contribution is 6.12. The summed E-state index contributed by atoms with van der Waals surface area (Å²) in [5.74, 6) is 0. The van der Waals surface area contributed by atoms with Gasteiger partial charge in [0.2, 0.25) is 0 Å². The quantitative estimate of drug-likeness (QED) is 0.196. The maximum absolute atomic E-state index is 6.26. The van der Waals surface area contributed by atoms with Crippen LogP contribution in [0.2, 0.25) is 0 Å². The highest BCUT2D eigenvalue weighted by atomic mass is 14.6. The van der Waals surface area contributed by atoms with Gasteiger partial charge in [0.05, 0.1) is 0 Å². The molecule has 0 radical (unpaired) electrons. The van der Waals surface area contributed by atoms with E-state index in [1.165, 1.54) is 38.2 Å². The summed E-state index contributed by atoms with van der Waals surface area (Å²) in [5.41, 5.74) is 18.4. The molecule has 0 fully saturated rings. The van der Waals surface area contributed by atoms with Crippen LogP contribution < -0.4 is 5.73 Å². The third-order valence-electron chi connectivity index (χ3n) is 8.16. The zero-order chi connectivity index (χ0) is 29.9. The van der Waals surface area contributed by atoms with Crippen molar-refractivity contribution in [3.63, 3.8) is 0 Å². The van der Waals surface area contributed by atoms with Gasteiger partial charge < -0.3 is 5.73 Å². The third kappa shape index (κ3) is 5.22. The topological polar surface area (TPSA) is 26.0 Å². The molecule has 43 heavy (non-hydrogen) atoms. The number of hydrogen-bond acceptors (Lipinski definition) is 1. The first kappa shape index (κ1) is 27.8. The van der Waals surface area contributed by atoms with Crippen molar-refractivity contribution in [1.29, 1.82) is 0 Å². The van der Waals surface area contributed by atoms with E-state index < -0.39 is 0 Å². The number of nitrogens with two attached hydrogens (primary N) is 1. The lowest BCUT2D eigenvalue weighted by molar-refractivity contribution is 1.50. The van der Waals surface area contributed by atoms with Crippen molar-refractivity contribution in [2.24, 2.45) is 5.73 Å². The minimum absolute atomic E-state index is 0.749. The highest BCUT2D eigenvalue weighted by Gasteiger charge is 2.19. The molecule has 0 aromatic heterocycles. The maximum atomic E-state index is 6.26. The average Bonchev–Trinajstić information content (AvgIpc) is 3.05. The second kappa shape index (κ2) is 11.8. The van der Waals surface area contributed by atoms with Crippen molar-refractivity contribution >= 4 is 39.4 Å². The zero-order valence-corrected chi connectivity index (χ0v) is 24.8. The largest absolute Gasteiger partial charge is 0.398 e. The molecule has 0 heterocycles. The van der Waals surface area contributed by atoms with Gasteiger partial charge >= 0.3 is 0 Å². The summed E-state index contributed by atoms with van der Waals surface area (Å²) < 4.78 is 0. The monoisotopic (exact) mass is 553 g/mol. The number of hydrogen-bond donors (Lipinski definition) is 1. The first-order valence-corrected chi connectivity index (χ1v) is 14.7. The molecule has 2 N–H and O–H groups in total. The van der Waals surface area contributed by atoms with E-state index in [1.54, 1.807) is 0 Å². The predicted molar refractivity (Wildman–Crippen MR) is 190 cm³/mol. The predicted octanol–water partition coefficient (Wildman–Crippen LogP) is 11.5. The Balaban J connectivity index is 1.54. The molecule has 208 valence electrons. The molecule has 0 aliphatic carbocycles. The van der Waals surface area contributed by atoms with E-state index in [2.05, 4.69) is 129 Å². The zero-order valence-electron chi connectivity index (χ0n) is 24.8. The molecule has 0 saturated heterocycles. The molecular formula is C42H35N. The molecule has 0 bridgehead atoms.